The highest BCUT2D eigenvalue weighted by molar-refractivity contribution is 5.84. The smallest absolute Gasteiger partial charge is 0.407 e. The van der Waals surface area contributed by atoms with E-state index in [4.69, 9.17) is 9.84 Å². The number of aliphatic carboxylic acids is 1. The van der Waals surface area contributed by atoms with E-state index in [-0.39, 0.29) is 31.3 Å². The second-order valence-electron chi connectivity index (χ2n) is 8.39. The Kier molecular flexibility index (Phi) is 7.51. The molecule has 1 unspecified atom stereocenters. The second kappa shape index (κ2) is 10.3. The molecule has 0 spiro atoms. The molecule has 32 heavy (non-hydrogen) atoms. The van der Waals surface area contributed by atoms with Gasteiger partial charge in [-0.2, -0.15) is 0 Å². The monoisotopic (exact) mass is 438 g/mol. The van der Waals surface area contributed by atoms with Crippen LogP contribution in [0.5, 0.6) is 0 Å². The van der Waals surface area contributed by atoms with Gasteiger partial charge in [0.2, 0.25) is 5.91 Å². The molecule has 2 atom stereocenters. The minimum atomic E-state index is -1.08. The Morgan fingerprint density at radius 2 is 1.53 bits per heavy atom. The first-order chi connectivity index (χ1) is 15.3. The highest BCUT2D eigenvalue weighted by atomic mass is 16.5. The molecule has 0 aromatic heterocycles. The SMILES string of the molecule is CC[C@H](NC(=O)CC(NC(=O)OCC1c2ccccc2-c2ccccc21)C(C)C)C(=O)O. The van der Waals surface area contributed by atoms with Gasteiger partial charge in [0.1, 0.15) is 12.6 Å². The third kappa shape index (κ3) is 5.28. The van der Waals surface area contributed by atoms with E-state index < -0.39 is 30.1 Å². The molecule has 2 aromatic rings. The van der Waals surface area contributed by atoms with Crippen LogP contribution in [0.15, 0.2) is 48.5 Å². The number of ether oxygens (including phenoxy) is 1. The molecule has 2 amide bonds. The van der Waals surface area contributed by atoms with Crippen LogP contribution in [0.4, 0.5) is 4.79 Å². The molecule has 0 aliphatic heterocycles. The van der Waals surface area contributed by atoms with Gasteiger partial charge in [-0.15, -0.1) is 0 Å². The van der Waals surface area contributed by atoms with Gasteiger partial charge in [0, 0.05) is 18.4 Å². The van der Waals surface area contributed by atoms with Crippen LogP contribution in [0.25, 0.3) is 11.1 Å². The van der Waals surface area contributed by atoms with Gasteiger partial charge in [0.05, 0.1) is 0 Å². The Bertz CT molecular complexity index is 942. The summed E-state index contributed by atoms with van der Waals surface area (Å²) in [6, 6.07) is 14.8. The summed E-state index contributed by atoms with van der Waals surface area (Å²) >= 11 is 0. The lowest BCUT2D eigenvalue weighted by atomic mass is 9.98. The number of amides is 2. The third-order valence-electron chi connectivity index (χ3n) is 5.90. The normalized spacial score (nSPS) is 14.2. The summed E-state index contributed by atoms with van der Waals surface area (Å²) in [5.74, 6) is -1.58. The van der Waals surface area contributed by atoms with E-state index in [0.717, 1.165) is 22.3 Å². The maximum Gasteiger partial charge on any atom is 0.407 e. The molecule has 0 radical (unpaired) electrons. The second-order valence-corrected chi connectivity index (χ2v) is 8.39. The van der Waals surface area contributed by atoms with Crippen molar-refractivity contribution in [1.82, 2.24) is 10.6 Å². The van der Waals surface area contributed by atoms with Crippen LogP contribution in [0, 0.1) is 5.92 Å². The van der Waals surface area contributed by atoms with Crippen LogP contribution in [0.2, 0.25) is 0 Å². The summed E-state index contributed by atoms with van der Waals surface area (Å²) in [5, 5.41) is 14.4. The third-order valence-corrected chi connectivity index (χ3v) is 5.90. The van der Waals surface area contributed by atoms with Crippen molar-refractivity contribution >= 4 is 18.0 Å². The number of benzene rings is 2. The van der Waals surface area contributed by atoms with Gasteiger partial charge in [0.15, 0.2) is 0 Å². The quantitative estimate of drug-likeness (QED) is 0.550. The van der Waals surface area contributed by atoms with E-state index in [1.807, 2.05) is 38.1 Å². The van der Waals surface area contributed by atoms with E-state index in [0.29, 0.717) is 0 Å². The van der Waals surface area contributed by atoms with Gasteiger partial charge in [-0.25, -0.2) is 9.59 Å². The summed E-state index contributed by atoms with van der Waals surface area (Å²) in [6.07, 6.45) is -0.331. The summed E-state index contributed by atoms with van der Waals surface area (Å²) in [5.41, 5.74) is 4.55. The van der Waals surface area contributed by atoms with Gasteiger partial charge >= 0.3 is 12.1 Å². The Hall–Kier alpha value is -3.35. The highest BCUT2D eigenvalue weighted by Gasteiger charge is 2.30. The standard InChI is InChI=1S/C25H30N2O5/c1-4-21(24(29)30)26-23(28)13-22(15(2)3)27-25(31)32-14-20-18-11-7-5-9-16(18)17-10-6-8-12-19(17)20/h5-12,15,20-22H,4,13-14H2,1-3H3,(H,26,28)(H,27,31)(H,29,30)/t21-,22?/m0/s1. The van der Waals surface area contributed by atoms with Crippen molar-refractivity contribution in [2.45, 2.75) is 51.6 Å². The molecule has 0 heterocycles. The zero-order valence-corrected chi connectivity index (χ0v) is 18.6. The fraction of sp³-hybridized carbons (Fsp3) is 0.400. The van der Waals surface area contributed by atoms with Crippen LogP contribution >= 0.6 is 0 Å². The molecule has 1 aliphatic carbocycles. The number of hydrogen-bond acceptors (Lipinski definition) is 4. The van der Waals surface area contributed by atoms with Crippen molar-refractivity contribution in [1.29, 1.82) is 0 Å². The van der Waals surface area contributed by atoms with Crippen molar-refractivity contribution in [2.75, 3.05) is 6.61 Å². The molecular formula is C25H30N2O5. The molecule has 1 aliphatic rings. The number of carboxylic acid groups (broad SMARTS) is 1. The predicted molar refractivity (Wildman–Crippen MR) is 121 cm³/mol. The van der Waals surface area contributed by atoms with Crippen molar-refractivity contribution < 1.29 is 24.2 Å². The Morgan fingerprint density at radius 3 is 2.03 bits per heavy atom. The number of nitrogens with one attached hydrogen (secondary N) is 2. The van der Waals surface area contributed by atoms with E-state index in [1.165, 1.54) is 0 Å². The maximum atomic E-state index is 12.5. The first kappa shape index (κ1) is 23.3. The molecule has 7 nitrogen and oxygen atoms in total. The average molecular weight is 439 g/mol. The van der Waals surface area contributed by atoms with Crippen molar-refractivity contribution in [3.8, 4) is 11.1 Å². The minimum absolute atomic E-state index is 0.0222. The van der Waals surface area contributed by atoms with Crippen molar-refractivity contribution in [3.05, 3.63) is 59.7 Å². The first-order valence-corrected chi connectivity index (χ1v) is 11.0. The largest absolute Gasteiger partial charge is 0.480 e. The number of rotatable bonds is 9. The lowest BCUT2D eigenvalue weighted by molar-refractivity contribution is -0.142. The van der Waals surface area contributed by atoms with E-state index in [1.54, 1.807) is 6.92 Å². The number of hydrogen-bond donors (Lipinski definition) is 3. The van der Waals surface area contributed by atoms with E-state index in [9.17, 15) is 14.4 Å². The topological polar surface area (TPSA) is 105 Å². The number of fused-ring (bicyclic) bond motifs is 3. The van der Waals surface area contributed by atoms with E-state index in [2.05, 4.69) is 34.9 Å². The molecule has 2 aromatic carbocycles. The zero-order valence-electron chi connectivity index (χ0n) is 18.6. The zero-order chi connectivity index (χ0) is 23.3. The van der Waals surface area contributed by atoms with Crippen molar-refractivity contribution in [3.63, 3.8) is 0 Å². The predicted octanol–water partition coefficient (Wildman–Crippen LogP) is 3.92. The summed E-state index contributed by atoms with van der Waals surface area (Å²) in [7, 11) is 0. The van der Waals surface area contributed by atoms with Crippen LogP contribution in [0.3, 0.4) is 0 Å². The van der Waals surface area contributed by atoms with Crippen LogP contribution in [0.1, 0.15) is 50.7 Å². The lowest BCUT2D eigenvalue weighted by Crippen LogP contribution is -2.46. The Labute approximate surface area is 188 Å². The molecule has 7 heteroatoms. The maximum absolute atomic E-state index is 12.5. The molecule has 3 rings (SSSR count). The molecule has 0 saturated heterocycles. The molecular weight excluding hydrogens is 408 g/mol. The van der Waals surface area contributed by atoms with Gasteiger partial charge in [0.25, 0.3) is 0 Å². The van der Waals surface area contributed by atoms with Crippen LogP contribution < -0.4 is 10.6 Å². The Morgan fingerprint density at radius 1 is 0.969 bits per heavy atom. The first-order valence-electron chi connectivity index (χ1n) is 11.0. The van der Waals surface area contributed by atoms with Crippen LogP contribution in [-0.2, 0) is 14.3 Å². The minimum Gasteiger partial charge on any atom is -0.480 e. The lowest BCUT2D eigenvalue weighted by Gasteiger charge is -2.23. The van der Waals surface area contributed by atoms with Gasteiger partial charge < -0.3 is 20.5 Å². The fourth-order valence-electron chi connectivity index (χ4n) is 4.04. The van der Waals surface area contributed by atoms with Gasteiger partial charge in [-0.3, -0.25) is 4.79 Å². The fourth-order valence-corrected chi connectivity index (χ4v) is 4.04. The molecule has 0 fully saturated rings. The van der Waals surface area contributed by atoms with Gasteiger partial charge in [-0.05, 0) is 34.6 Å². The van der Waals surface area contributed by atoms with Gasteiger partial charge in [-0.1, -0.05) is 69.3 Å². The summed E-state index contributed by atoms with van der Waals surface area (Å²) < 4.78 is 5.57. The summed E-state index contributed by atoms with van der Waals surface area (Å²) in [4.78, 5) is 36.0. The number of carbonyl (C=O) groups excluding carboxylic acids is 2. The Balaban J connectivity index is 1.61. The average Bonchev–Trinajstić information content (AvgIpc) is 3.09. The number of carbonyl (C=O) groups is 3. The molecule has 3 N–H and O–H groups in total. The number of carboxylic acids is 1. The van der Waals surface area contributed by atoms with Crippen LogP contribution in [-0.4, -0.2) is 41.8 Å². The molecule has 0 saturated carbocycles. The highest BCUT2D eigenvalue weighted by Crippen LogP contribution is 2.44. The van der Waals surface area contributed by atoms with Crippen molar-refractivity contribution in [2.24, 2.45) is 5.92 Å². The molecule has 170 valence electrons. The summed E-state index contributed by atoms with van der Waals surface area (Å²) in [6.45, 7) is 5.65. The number of alkyl carbamates (subject to hydrolysis) is 1. The van der Waals surface area contributed by atoms with E-state index >= 15 is 0 Å². The molecule has 0 bridgehead atoms.